The van der Waals surface area contributed by atoms with Crippen LogP contribution < -0.4 is 5.06 Å². The second kappa shape index (κ2) is 8.32. The van der Waals surface area contributed by atoms with Crippen molar-refractivity contribution in [3.8, 4) is 11.4 Å². The molecule has 8 heteroatoms. The van der Waals surface area contributed by atoms with E-state index in [1.54, 1.807) is 40.7 Å². The molecule has 1 aromatic carbocycles. The van der Waals surface area contributed by atoms with Crippen LogP contribution in [0.4, 0.5) is 5.82 Å². The minimum atomic E-state index is -0.183. The van der Waals surface area contributed by atoms with Crippen molar-refractivity contribution in [2.75, 3.05) is 24.7 Å². The smallest absolute Gasteiger partial charge is 0.254 e. The Kier molecular flexibility index (Phi) is 5.44. The third-order valence-corrected chi connectivity index (χ3v) is 4.63. The highest BCUT2D eigenvalue weighted by Gasteiger charge is 2.27. The van der Waals surface area contributed by atoms with Crippen LogP contribution in [0, 0.1) is 6.92 Å². The van der Waals surface area contributed by atoms with Gasteiger partial charge in [0.1, 0.15) is 11.9 Å². The zero-order valence-electron chi connectivity index (χ0n) is 16.4. The lowest BCUT2D eigenvalue weighted by molar-refractivity contribution is 0.0423. The normalized spacial score (nSPS) is 17.1. The van der Waals surface area contributed by atoms with Crippen molar-refractivity contribution in [3.05, 3.63) is 66.4 Å². The molecule has 1 fully saturated rings. The summed E-state index contributed by atoms with van der Waals surface area (Å²) < 4.78 is 0. The monoisotopic (exact) mass is 390 g/mol. The highest BCUT2D eigenvalue weighted by atomic mass is 16.7. The zero-order chi connectivity index (χ0) is 20.2. The summed E-state index contributed by atoms with van der Waals surface area (Å²) in [6.07, 6.45) is 4.87. The number of aryl methyl sites for hydroxylation is 1. The molecule has 3 aromatic rings. The first-order valence-electron chi connectivity index (χ1n) is 9.51. The van der Waals surface area contributed by atoms with Crippen molar-refractivity contribution in [2.24, 2.45) is 0 Å². The van der Waals surface area contributed by atoms with Crippen molar-refractivity contribution in [1.82, 2.24) is 24.8 Å². The van der Waals surface area contributed by atoms with Gasteiger partial charge in [-0.1, -0.05) is 18.2 Å². The Hall–Kier alpha value is -3.39. The van der Waals surface area contributed by atoms with Crippen LogP contribution in [-0.4, -0.2) is 56.5 Å². The van der Waals surface area contributed by atoms with Gasteiger partial charge < -0.3 is 4.90 Å². The number of carbonyl (C=O) groups is 1. The fraction of sp³-hybridized carbons (Fsp3) is 0.286. The predicted molar refractivity (Wildman–Crippen MR) is 108 cm³/mol. The maximum atomic E-state index is 13.4. The SMILES string of the molecule is Cc1nccc(N2CCN(C(=O)c3ccccc3-c3ncccn3)C[C@H](C)O2)n1. The number of amides is 1. The average Bonchev–Trinajstić information content (AvgIpc) is 2.95. The lowest BCUT2D eigenvalue weighted by atomic mass is 10.1. The summed E-state index contributed by atoms with van der Waals surface area (Å²) in [5, 5.41) is 1.73. The summed E-state index contributed by atoms with van der Waals surface area (Å²) in [6, 6.07) is 11.0. The first kappa shape index (κ1) is 18.9. The molecule has 0 radical (unpaired) electrons. The number of hydrogen-bond acceptors (Lipinski definition) is 7. The minimum absolute atomic E-state index is 0.0655. The van der Waals surface area contributed by atoms with E-state index in [0.29, 0.717) is 42.7 Å². The van der Waals surface area contributed by atoms with Crippen LogP contribution in [0.1, 0.15) is 23.1 Å². The molecule has 1 amide bonds. The Morgan fingerprint density at radius 2 is 1.83 bits per heavy atom. The number of nitrogens with zero attached hydrogens (tertiary/aromatic N) is 6. The number of benzene rings is 1. The van der Waals surface area contributed by atoms with Crippen LogP contribution in [0.15, 0.2) is 55.0 Å². The maximum absolute atomic E-state index is 13.4. The van der Waals surface area contributed by atoms with E-state index >= 15 is 0 Å². The molecule has 1 saturated heterocycles. The number of anilines is 1. The summed E-state index contributed by atoms with van der Waals surface area (Å²) in [5.41, 5.74) is 1.30. The van der Waals surface area contributed by atoms with Gasteiger partial charge >= 0.3 is 0 Å². The highest BCUT2D eigenvalue weighted by Crippen LogP contribution is 2.23. The Morgan fingerprint density at radius 1 is 1.03 bits per heavy atom. The quantitative estimate of drug-likeness (QED) is 0.679. The van der Waals surface area contributed by atoms with Crippen molar-refractivity contribution in [3.63, 3.8) is 0 Å². The summed E-state index contributed by atoms with van der Waals surface area (Å²) in [4.78, 5) is 38.3. The number of aromatic nitrogens is 4. The van der Waals surface area contributed by atoms with E-state index in [1.165, 1.54) is 0 Å². The van der Waals surface area contributed by atoms with Crippen LogP contribution in [0.5, 0.6) is 0 Å². The lowest BCUT2D eigenvalue weighted by Gasteiger charge is -2.22. The van der Waals surface area contributed by atoms with Gasteiger partial charge in [-0.05, 0) is 26.0 Å². The van der Waals surface area contributed by atoms with Gasteiger partial charge in [0.25, 0.3) is 5.91 Å². The topological polar surface area (TPSA) is 84.3 Å². The van der Waals surface area contributed by atoms with Crippen LogP contribution in [0.2, 0.25) is 0 Å². The summed E-state index contributed by atoms with van der Waals surface area (Å²) in [5.74, 6) is 1.84. The van der Waals surface area contributed by atoms with Gasteiger partial charge in [0.05, 0.1) is 12.1 Å². The van der Waals surface area contributed by atoms with Crippen LogP contribution in [0.25, 0.3) is 11.4 Å². The molecule has 4 rings (SSSR count). The Morgan fingerprint density at radius 3 is 2.62 bits per heavy atom. The maximum Gasteiger partial charge on any atom is 0.254 e. The van der Waals surface area contributed by atoms with E-state index < -0.39 is 0 Å². The van der Waals surface area contributed by atoms with Crippen LogP contribution >= 0.6 is 0 Å². The van der Waals surface area contributed by atoms with E-state index in [1.807, 2.05) is 38.1 Å². The largest absolute Gasteiger partial charge is 0.334 e. The van der Waals surface area contributed by atoms with Crippen molar-refractivity contribution < 1.29 is 9.63 Å². The third kappa shape index (κ3) is 4.22. The van der Waals surface area contributed by atoms with Gasteiger partial charge in [0.2, 0.25) is 0 Å². The van der Waals surface area contributed by atoms with Gasteiger partial charge in [-0.25, -0.2) is 25.0 Å². The second-order valence-corrected chi connectivity index (χ2v) is 6.85. The van der Waals surface area contributed by atoms with Gasteiger partial charge in [-0.15, -0.1) is 0 Å². The molecular formula is C21H22N6O2. The van der Waals surface area contributed by atoms with Crippen molar-refractivity contribution in [2.45, 2.75) is 20.0 Å². The van der Waals surface area contributed by atoms with Crippen LogP contribution in [-0.2, 0) is 4.84 Å². The number of hydrogen-bond donors (Lipinski definition) is 0. The van der Waals surface area contributed by atoms with Gasteiger partial charge in [0.15, 0.2) is 11.6 Å². The minimum Gasteiger partial charge on any atom is -0.334 e. The molecule has 0 aliphatic carbocycles. The van der Waals surface area contributed by atoms with E-state index in [4.69, 9.17) is 4.84 Å². The molecule has 0 saturated carbocycles. The van der Waals surface area contributed by atoms with Gasteiger partial charge in [-0.2, -0.15) is 0 Å². The Balaban J connectivity index is 1.57. The Labute approximate surface area is 169 Å². The molecule has 3 heterocycles. The second-order valence-electron chi connectivity index (χ2n) is 6.85. The molecule has 0 N–H and O–H groups in total. The molecule has 1 aliphatic heterocycles. The molecule has 0 spiro atoms. The van der Waals surface area contributed by atoms with E-state index in [9.17, 15) is 4.79 Å². The first-order valence-corrected chi connectivity index (χ1v) is 9.51. The van der Waals surface area contributed by atoms with Crippen LogP contribution in [0.3, 0.4) is 0 Å². The summed E-state index contributed by atoms with van der Waals surface area (Å²) in [6.45, 7) is 5.28. The average molecular weight is 390 g/mol. The zero-order valence-corrected chi connectivity index (χ0v) is 16.4. The standard InChI is InChI=1S/C21H22N6O2/c1-15-14-26(12-13-27(29-15)19-8-11-22-16(2)25-19)21(28)18-7-4-3-6-17(18)20-23-9-5-10-24-20/h3-11,15H,12-14H2,1-2H3/t15-/m0/s1. The van der Waals surface area contributed by atoms with Crippen molar-refractivity contribution >= 4 is 11.7 Å². The summed E-state index contributed by atoms with van der Waals surface area (Å²) >= 11 is 0. The van der Waals surface area contributed by atoms with Gasteiger partial charge in [0, 0.05) is 43.3 Å². The lowest BCUT2D eigenvalue weighted by Crippen LogP contribution is -2.37. The third-order valence-electron chi connectivity index (χ3n) is 4.63. The first-order chi connectivity index (χ1) is 14.1. The fourth-order valence-corrected chi connectivity index (χ4v) is 3.33. The number of rotatable bonds is 3. The molecule has 2 aromatic heterocycles. The highest BCUT2D eigenvalue weighted by molar-refractivity contribution is 6.00. The predicted octanol–water partition coefficient (Wildman–Crippen LogP) is 2.52. The fourth-order valence-electron chi connectivity index (χ4n) is 3.33. The number of hydroxylamine groups is 1. The Bertz CT molecular complexity index is 997. The molecule has 0 unspecified atom stereocenters. The van der Waals surface area contributed by atoms with E-state index in [-0.39, 0.29) is 12.0 Å². The number of carbonyl (C=O) groups excluding carboxylic acids is 1. The molecule has 0 bridgehead atoms. The molecule has 29 heavy (non-hydrogen) atoms. The van der Waals surface area contributed by atoms with Gasteiger partial charge in [-0.3, -0.25) is 9.63 Å². The molecular weight excluding hydrogens is 368 g/mol. The van der Waals surface area contributed by atoms with E-state index in [2.05, 4.69) is 19.9 Å². The molecule has 1 aliphatic rings. The van der Waals surface area contributed by atoms with E-state index in [0.717, 1.165) is 5.56 Å². The molecule has 148 valence electrons. The molecule has 1 atom stereocenters. The molecule has 8 nitrogen and oxygen atoms in total. The van der Waals surface area contributed by atoms with Crippen molar-refractivity contribution in [1.29, 1.82) is 0 Å². The summed E-state index contributed by atoms with van der Waals surface area (Å²) in [7, 11) is 0.